The van der Waals surface area contributed by atoms with Crippen molar-refractivity contribution >= 4 is 17.8 Å². The van der Waals surface area contributed by atoms with Crippen molar-refractivity contribution in [2.75, 3.05) is 0 Å². The molecule has 2 unspecified atom stereocenters. The van der Waals surface area contributed by atoms with Gasteiger partial charge in [0.2, 0.25) is 11.8 Å². The van der Waals surface area contributed by atoms with Gasteiger partial charge in [-0.3, -0.25) is 25.2 Å². The molecule has 0 saturated heterocycles. The highest BCUT2D eigenvalue weighted by Gasteiger charge is 2.36. The van der Waals surface area contributed by atoms with Gasteiger partial charge in [0.25, 0.3) is 0 Å². The molecule has 3 N–H and O–H groups in total. The lowest BCUT2D eigenvalue weighted by molar-refractivity contribution is -0.149. The number of hydrazine groups is 1. The SMILES string of the molecule is O=C(NNC(=O)C1CCCCC1C(=O)O)C1CC1. The second-order valence-electron chi connectivity index (χ2n) is 5.09. The first kappa shape index (κ1) is 12.9. The van der Waals surface area contributed by atoms with Crippen molar-refractivity contribution in [1.29, 1.82) is 0 Å². The number of hydrogen-bond donors (Lipinski definition) is 3. The predicted octanol–water partition coefficient (Wildman–Crippen LogP) is 0.435. The van der Waals surface area contributed by atoms with Crippen LogP contribution in [-0.4, -0.2) is 22.9 Å². The number of carboxylic acid groups (broad SMARTS) is 1. The highest BCUT2D eigenvalue weighted by Crippen LogP contribution is 2.30. The van der Waals surface area contributed by atoms with E-state index in [-0.39, 0.29) is 17.7 Å². The van der Waals surface area contributed by atoms with E-state index in [2.05, 4.69) is 10.9 Å². The number of carbonyl (C=O) groups is 3. The Morgan fingerprint density at radius 2 is 1.39 bits per heavy atom. The fraction of sp³-hybridized carbons (Fsp3) is 0.750. The molecular weight excluding hydrogens is 236 g/mol. The second-order valence-corrected chi connectivity index (χ2v) is 5.09. The molecule has 2 amide bonds. The minimum Gasteiger partial charge on any atom is -0.481 e. The molecule has 0 aromatic heterocycles. The summed E-state index contributed by atoms with van der Waals surface area (Å²) in [4.78, 5) is 34.3. The van der Waals surface area contributed by atoms with Crippen LogP contribution in [-0.2, 0) is 14.4 Å². The van der Waals surface area contributed by atoms with Crippen LogP contribution in [0.25, 0.3) is 0 Å². The van der Waals surface area contributed by atoms with Crippen molar-refractivity contribution in [2.45, 2.75) is 38.5 Å². The summed E-state index contributed by atoms with van der Waals surface area (Å²) in [5.41, 5.74) is 4.73. The molecule has 0 aromatic carbocycles. The summed E-state index contributed by atoms with van der Waals surface area (Å²) < 4.78 is 0. The second kappa shape index (κ2) is 5.37. The number of aliphatic carboxylic acids is 1. The first-order valence-electron chi connectivity index (χ1n) is 6.42. The Morgan fingerprint density at radius 1 is 0.833 bits per heavy atom. The van der Waals surface area contributed by atoms with Crippen molar-refractivity contribution < 1.29 is 19.5 Å². The highest BCUT2D eigenvalue weighted by atomic mass is 16.4. The van der Waals surface area contributed by atoms with Gasteiger partial charge in [0.15, 0.2) is 0 Å². The van der Waals surface area contributed by atoms with E-state index < -0.39 is 17.8 Å². The Hall–Kier alpha value is -1.59. The van der Waals surface area contributed by atoms with Crippen LogP contribution in [0.15, 0.2) is 0 Å². The number of rotatable bonds is 3. The fourth-order valence-electron chi connectivity index (χ4n) is 2.40. The summed E-state index contributed by atoms with van der Waals surface area (Å²) in [7, 11) is 0. The molecular formula is C12H18N2O4. The third kappa shape index (κ3) is 3.00. The highest BCUT2D eigenvalue weighted by molar-refractivity contribution is 5.88. The average molecular weight is 254 g/mol. The Labute approximate surface area is 105 Å². The molecule has 2 aliphatic rings. The van der Waals surface area contributed by atoms with E-state index >= 15 is 0 Å². The van der Waals surface area contributed by atoms with Gasteiger partial charge in [0.05, 0.1) is 11.8 Å². The number of carboxylic acids is 1. The first-order valence-corrected chi connectivity index (χ1v) is 6.42. The minimum absolute atomic E-state index is 0.0203. The van der Waals surface area contributed by atoms with E-state index in [9.17, 15) is 14.4 Å². The summed E-state index contributed by atoms with van der Waals surface area (Å²) >= 11 is 0. The van der Waals surface area contributed by atoms with E-state index in [0.29, 0.717) is 12.8 Å². The molecule has 0 aromatic rings. The van der Waals surface area contributed by atoms with Crippen molar-refractivity contribution in [3.63, 3.8) is 0 Å². The Bertz CT molecular complexity index is 365. The van der Waals surface area contributed by atoms with E-state index in [1.165, 1.54) is 0 Å². The Balaban J connectivity index is 1.85. The molecule has 2 rings (SSSR count). The van der Waals surface area contributed by atoms with Gasteiger partial charge in [-0.05, 0) is 25.7 Å². The maximum absolute atomic E-state index is 11.9. The predicted molar refractivity (Wildman–Crippen MR) is 62.1 cm³/mol. The fourth-order valence-corrected chi connectivity index (χ4v) is 2.40. The molecule has 0 aliphatic heterocycles. The molecule has 6 heteroatoms. The van der Waals surface area contributed by atoms with E-state index in [4.69, 9.17) is 5.11 Å². The van der Waals surface area contributed by atoms with Crippen molar-refractivity contribution in [1.82, 2.24) is 10.9 Å². The quantitative estimate of drug-likeness (QED) is 0.637. The number of nitrogens with one attached hydrogen (secondary N) is 2. The van der Waals surface area contributed by atoms with Gasteiger partial charge in [-0.2, -0.15) is 0 Å². The van der Waals surface area contributed by atoms with Crippen LogP contribution in [0, 0.1) is 17.8 Å². The van der Waals surface area contributed by atoms with Gasteiger partial charge < -0.3 is 5.11 Å². The van der Waals surface area contributed by atoms with E-state index in [1.54, 1.807) is 0 Å². The standard InChI is InChI=1S/C12H18N2O4/c15-10(7-5-6-7)13-14-11(16)8-3-1-2-4-9(8)12(17)18/h7-9H,1-6H2,(H,13,15)(H,14,16)(H,17,18). The van der Waals surface area contributed by atoms with Crippen LogP contribution in [0.2, 0.25) is 0 Å². The molecule has 0 bridgehead atoms. The molecule has 0 spiro atoms. The molecule has 2 fully saturated rings. The third-order valence-corrected chi connectivity index (χ3v) is 3.68. The first-order chi connectivity index (χ1) is 8.59. The van der Waals surface area contributed by atoms with Crippen LogP contribution in [0.5, 0.6) is 0 Å². The molecule has 2 aliphatic carbocycles. The summed E-state index contributed by atoms with van der Waals surface area (Å²) in [5.74, 6) is -2.62. The van der Waals surface area contributed by atoms with Gasteiger partial charge in [0, 0.05) is 5.92 Å². The van der Waals surface area contributed by atoms with E-state index in [1.807, 2.05) is 0 Å². The van der Waals surface area contributed by atoms with Gasteiger partial charge in [-0.1, -0.05) is 12.8 Å². The minimum atomic E-state index is -0.927. The average Bonchev–Trinajstić information content (AvgIpc) is 3.19. The zero-order valence-electron chi connectivity index (χ0n) is 10.1. The molecule has 0 heterocycles. The number of carbonyl (C=O) groups excluding carboxylic acids is 2. The molecule has 18 heavy (non-hydrogen) atoms. The van der Waals surface area contributed by atoms with Crippen molar-refractivity contribution in [3.8, 4) is 0 Å². The summed E-state index contributed by atoms with van der Waals surface area (Å²) in [6.07, 6.45) is 4.53. The maximum atomic E-state index is 11.9. The van der Waals surface area contributed by atoms with Gasteiger partial charge in [0.1, 0.15) is 0 Å². The van der Waals surface area contributed by atoms with Crippen LogP contribution in [0.1, 0.15) is 38.5 Å². The Morgan fingerprint density at radius 3 is 1.94 bits per heavy atom. The number of amides is 2. The van der Waals surface area contributed by atoms with Gasteiger partial charge in [-0.15, -0.1) is 0 Å². The van der Waals surface area contributed by atoms with Crippen molar-refractivity contribution in [2.24, 2.45) is 17.8 Å². The largest absolute Gasteiger partial charge is 0.481 e. The molecule has 0 radical (unpaired) electrons. The summed E-state index contributed by atoms with van der Waals surface area (Å²) in [6, 6.07) is 0. The van der Waals surface area contributed by atoms with Gasteiger partial charge in [-0.25, -0.2) is 0 Å². The zero-order valence-corrected chi connectivity index (χ0v) is 10.1. The summed E-state index contributed by atoms with van der Waals surface area (Å²) in [6.45, 7) is 0. The molecule has 2 atom stereocenters. The lowest BCUT2D eigenvalue weighted by Crippen LogP contribution is -2.48. The monoisotopic (exact) mass is 254 g/mol. The topological polar surface area (TPSA) is 95.5 Å². The molecule has 100 valence electrons. The van der Waals surface area contributed by atoms with E-state index in [0.717, 1.165) is 25.7 Å². The van der Waals surface area contributed by atoms with Crippen LogP contribution < -0.4 is 10.9 Å². The normalized spacial score (nSPS) is 27.3. The third-order valence-electron chi connectivity index (χ3n) is 3.68. The molecule has 2 saturated carbocycles. The van der Waals surface area contributed by atoms with Crippen molar-refractivity contribution in [3.05, 3.63) is 0 Å². The lowest BCUT2D eigenvalue weighted by Gasteiger charge is -2.27. The summed E-state index contributed by atoms with van der Waals surface area (Å²) in [5, 5.41) is 9.07. The zero-order chi connectivity index (χ0) is 13.1. The molecule has 6 nitrogen and oxygen atoms in total. The van der Waals surface area contributed by atoms with Crippen LogP contribution in [0.4, 0.5) is 0 Å². The maximum Gasteiger partial charge on any atom is 0.307 e. The van der Waals surface area contributed by atoms with Crippen LogP contribution >= 0.6 is 0 Å². The smallest absolute Gasteiger partial charge is 0.307 e. The number of hydrogen-bond acceptors (Lipinski definition) is 3. The Kier molecular flexibility index (Phi) is 3.84. The van der Waals surface area contributed by atoms with Crippen LogP contribution in [0.3, 0.4) is 0 Å². The lowest BCUT2D eigenvalue weighted by atomic mass is 9.79. The van der Waals surface area contributed by atoms with Gasteiger partial charge >= 0.3 is 5.97 Å².